The molecule has 0 heterocycles. The number of benzene rings is 2. The first-order valence-electron chi connectivity index (χ1n) is 7.92. The fourth-order valence-corrected chi connectivity index (χ4v) is 3.61. The number of sulfonamides is 1. The van der Waals surface area contributed by atoms with E-state index in [0.29, 0.717) is 34.3 Å². The molecule has 1 amide bonds. The smallest absolute Gasteiger partial charge is 0.240 e. The Morgan fingerprint density at radius 1 is 1.08 bits per heavy atom. The van der Waals surface area contributed by atoms with Crippen molar-refractivity contribution < 1.29 is 13.2 Å². The van der Waals surface area contributed by atoms with Crippen LogP contribution >= 0.6 is 23.2 Å². The minimum Gasteiger partial charge on any atom is -0.354 e. The second-order valence-electron chi connectivity index (χ2n) is 5.93. The molecule has 8 heteroatoms. The molecule has 0 atom stereocenters. The number of rotatable bonds is 7. The Bertz CT molecular complexity index is 884. The Hall–Kier alpha value is -1.76. The summed E-state index contributed by atoms with van der Waals surface area (Å²) < 4.78 is 25.4. The minimum atomic E-state index is -3.64. The van der Waals surface area contributed by atoms with Crippen LogP contribution in [0.25, 0.3) is 0 Å². The molecule has 0 aliphatic carbocycles. The lowest BCUT2D eigenvalue weighted by Crippen LogP contribution is -2.41. The lowest BCUT2D eigenvalue weighted by Gasteiger charge is -2.23. The summed E-state index contributed by atoms with van der Waals surface area (Å²) >= 11 is 11.8. The van der Waals surface area contributed by atoms with Crippen molar-refractivity contribution in [2.24, 2.45) is 0 Å². The quantitative estimate of drug-likeness (QED) is 0.754. The molecule has 1 N–H and O–H groups in total. The van der Waals surface area contributed by atoms with Crippen molar-refractivity contribution in [2.75, 3.05) is 23.7 Å². The van der Waals surface area contributed by atoms with Gasteiger partial charge in [0, 0.05) is 16.6 Å². The first-order chi connectivity index (χ1) is 12.2. The predicted molar refractivity (Wildman–Crippen MR) is 107 cm³/mol. The molecular weight excluding hydrogens is 395 g/mol. The van der Waals surface area contributed by atoms with Crippen LogP contribution in [-0.2, 0) is 21.2 Å². The van der Waals surface area contributed by atoms with Gasteiger partial charge in [-0.2, -0.15) is 0 Å². The van der Waals surface area contributed by atoms with Crippen LogP contribution in [0.1, 0.15) is 11.1 Å². The maximum atomic E-state index is 12.2. The number of nitrogens with zero attached hydrogens (tertiary/aromatic N) is 1. The number of halogens is 2. The van der Waals surface area contributed by atoms with Gasteiger partial charge in [0.25, 0.3) is 0 Å². The van der Waals surface area contributed by atoms with Crippen LogP contribution in [-0.4, -0.2) is 33.7 Å². The highest BCUT2D eigenvalue weighted by atomic mass is 35.5. The molecule has 2 aromatic carbocycles. The molecule has 5 nitrogen and oxygen atoms in total. The van der Waals surface area contributed by atoms with E-state index in [-0.39, 0.29) is 12.5 Å². The topological polar surface area (TPSA) is 66.5 Å². The van der Waals surface area contributed by atoms with Crippen LogP contribution in [0.5, 0.6) is 0 Å². The molecule has 0 bridgehead atoms. The Morgan fingerprint density at radius 2 is 1.69 bits per heavy atom. The molecule has 26 heavy (non-hydrogen) atoms. The van der Waals surface area contributed by atoms with Gasteiger partial charge in [-0.25, -0.2) is 8.42 Å². The number of hydrogen-bond acceptors (Lipinski definition) is 3. The van der Waals surface area contributed by atoms with Gasteiger partial charge < -0.3 is 5.32 Å². The highest BCUT2D eigenvalue weighted by Crippen LogP contribution is 2.26. The average Bonchev–Trinajstić information content (AvgIpc) is 2.56. The zero-order valence-corrected chi connectivity index (χ0v) is 16.8. The van der Waals surface area contributed by atoms with Gasteiger partial charge in [0.2, 0.25) is 15.9 Å². The van der Waals surface area contributed by atoms with E-state index in [1.807, 2.05) is 12.1 Å². The summed E-state index contributed by atoms with van der Waals surface area (Å²) in [6.45, 7) is 1.86. The van der Waals surface area contributed by atoms with Gasteiger partial charge in [0.15, 0.2) is 0 Å². The normalized spacial score (nSPS) is 11.2. The summed E-state index contributed by atoms with van der Waals surface area (Å²) in [5, 5.41) is 3.80. The number of anilines is 1. The Balaban J connectivity index is 2.03. The summed E-state index contributed by atoms with van der Waals surface area (Å²) in [6.07, 6.45) is 1.69. The largest absolute Gasteiger partial charge is 0.354 e. The van der Waals surface area contributed by atoms with Crippen molar-refractivity contribution in [1.82, 2.24) is 5.32 Å². The third-order valence-corrected chi connectivity index (χ3v) is 5.39. The molecule has 2 aromatic rings. The predicted octanol–water partition coefficient (Wildman–Crippen LogP) is 3.43. The van der Waals surface area contributed by atoms with Crippen LogP contribution in [0.3, 0.4) is 0 Å². The summed E-state index contributed by atoms with van der Waals surface area (Å²) in [4.78, 5) is 12.2. The van der Waals surface area contributed by atoms with Gasteiger partial charge in [0.05, 0.1) is 11.9 Å². The third-order valence-electron chi connectivity index (χ3n) is 3.78. The number of nitrogens with one attached hydrogen (secondary N) is 1. The van der Waals surface area contributed by atoms with Crippen LogP contribution in [0, 0.1) is 6.92 Å². The first-order valence-corrected chi connectivity index (χ1v) is 10.5. The molecule has 0 fully saturated rings. The van der Waals surface area contributed by atoms with Crippen molar-refractivity contribution in [3.05, 3.63) is 63.6 Å². The Labute approximate surface area is 164 Å². The number of hydrogen-bond donors (Lipinski definition) is 1. The lowest BCUT2D eigenvalue weighted by molar-refractivity contribution is -0.119. The fraction of sp³-hybridized carbons (Fsp3) is 0.278. The highest BCUT2D eigenvalue weighted by Gasteiger charge is 2.22. The van der Waals surface area contributed by atoms with Crippen molar-refractivity contribution in [3.8, 4) is 0 Å². The first kappa shape index (κ1) is 20.6. The highest BCUT2D eigenvalue weighted by molar-refractivity contribution is 7.92. The molecular formula is C18H20Cl2N2O3S. The van der Waals surface area contributed by atoms with Crippen molar-refractivity contribution in [1.29, 1.82) is 0 Å². The second-order valence-corrected chi connectivity index (χ2v) is 8.71. The zero-order chi connectivity index (χ0) is 19.3. The van der Waals surface area contributed by atoms with E-state index in [9.17, 15) is 13.2 Å². The standard InChI is InChI=1S/C18H20Cl2N2O3S/c1-13-3-6-16(20)11-17(13)22(26(2,24)25)12-18(23)21-10-9-14-4-7-15(19)8-5-14/h3-8,11H,9-10,12H2,1-2H3,(H,21,23). The minimum absolute atomic E-state index is 0.305. The molecule has 0 aliphatic heterocycles. The van der Waals surface area contributed by atoms with Crippen LogP contribution in [0.2, 0.25) is 10.0 Å². The van der Waals surface area contributed by atoms with Gasteiger partial charge >= 0.3 is 0 Å². The van der Waals surface area contributed by atoms with Crippen molar-refractivity contribution in [3.63, 3.8) is 0 Å². The second kappa shape index (κ2) is 8.75. The fourth-order valence-electron chi connectivity index (χ4n) is 2.42. The van der Waals surface area contributed by atoms with Crippen molar-refractivity contribution >= 4 is 44.8 Å². The van der Waals surface area contributed by atoms with Gasteiger partial charge in [-0.1, -0.05) is 41.4 Å². The van der Waals surface area contributed by atoms with Crippen molar-refractivity contribution in [2.45, 2.75) is 13.3 Å². The molecule has 0 saturated heterocycles. The summed E-state index contributed by atoms with van der Waals surface area (Å²) in [6, 6.07) is 12.3. The molecule has 2 rings (SSSR count). The number of carbonyl (C=O) groups is 1. The monoisotopic (exact) mass is 414 g/mol. The van der Waals surface area contributed by atoms with E-state index >= 15 is 0 Å². The van der Waals surface area contributed by atoms with Crippen LogP contribution in [0.4, 0.5) is 5.69 Å². The Kier molecular flexibility index (Phi) is 6.92. The Morgan fingerprint density at radius 3 is 2.31 bits per heavy atom. The van der Waals surface area contributed by atoms with E-state index in [2.05, 4.69) is 5.32 Å². The molecule has 0 unspecified atom stereocenters. The summed E-state index contributed by atoms with van der Waals surface area (Å²) in [5.41, 5.74) is 2.14. The molecule has 0 aromatic heterocycles. The number of aryl methyl sites for hydroxylation is 1. The lowest BCUT2D eigenvalue weighted by atomic mass is 10.1. The van der Waals surface area contributed by atoms with E-state index in [1.54, 1.807) is 37.3 Å². The van der Waals surface area contributed by atoms with Crippen LogP contribution < -0.4 is 9.62 Å². The zero-order valence-electron chi connectivity index (χ0n) is 14.5. The van der Waals surface area contributed by atoms with E-state index in [1.165, 1.54) is 0 Å². The number of carbonyl (C=O) groups excluding carboxylic acids is 1. The summed E-state index contributed by atoms with van der Waals surface area (Å²) in [5.74, 6) is -0.385. The molecule has 0 aliphatic rings. The van der Waals surface area contributed by atoms with Crippen LogP contribution in [0.15, 0.2) is 42.5 Å². The molecule has 140 valence electrons. The summed E-state index contributed by atoms with van der Waals surface area (Å²) in [7, 11) is -3.64. The molecule has 0 saturated carbocycles. The van der Waals surface area contributed by atoms with Gasteiger partial charge in [-0.05, 0) is 48.7 Å². The van der Waals surface area contributed by atoms with E-state index in [4.69, 9.17) is 23.2 Å². The SMILES string of the molecule is Cc1ccc(Cl)cc1N(CC(=O)NCCc1ccc(Cl)cc1)S(C)(=O)=O. The van der Waals surface area contributed by atoms with E-state index < -0.39 is 10.0 Å². The molecule has 0 radical (unpaired) electrons. The van der Waals surface area contributed by atoms with E-state index in [0.717, 1.165) is 16.1 Å². The maximum absolute atomic E-state index is 12.2. The molecule has 0 spiro atoms. The third kappa shape index (κ3) is 5.90. The van der Waals surface area contributed by atoms with Gasteiger partial charge in [0.1, 0.15) is 6.54 Å². The van der Waals surface area contributed by atoms with Gasteiger partial charge in [-0.3, -0.25) is 9.10 Å². The average molecular weight is 415 g/mol. The number of amides is 1. The van der Waals surface area contributed by atoms with Gasteiger partial charge in [-0.15, -0.1) is 0 Å². The maximum Gasteiger partial charge on any atom is 0.240 e.